The Morgan fingerprint density at radius 1 is 1.25 bits per heavy atom. The van der Waals surface area contributed by atoms with Gasteiger partial charge in [0, 0.05) is 18.2 Å². The summed E-state index contributed by atoms with van der Waals surface area (Å²) >= 11 is 0. The lowest BCUT2D eigenvalue weighted by atomic mass is 9.92. The van der Waals surface area contributed by atoms with Gasteiger partial charge in [-0.15, -0.1) is 0 Å². The van der Waals surface area contributed by atoms with Gasteiger partial charge < -0.3 is 5.73 Å². The number of non-ortho nitro benzene ring substituents is 1. The molecule has 1 aromatic carbocycles. The van der Waals surface area contributed by atoms with Gasteiger partial charge in [-0.3, -0.25) is 10.1 Å². The van der Waals surface area contributed by atoms with Gasteiger partial charge in [0.1, 0.15) is 0 Å². The van der Waals surface area contributed by atoms with Crippen LogP contribution >= 0.6 is 0 Å². The fourth-order valence-corrected chi connectivity index (χ4v) is 2.41. The lowest BCUT2D eigenvalue weighted by Crippen LogP contribution is -2.18. The molecule has 0 aliphatic heterocycles. The molecule has 0 radical (unpaired) electrons. The monoisotopic (exact) mass is 220 g/mol. The molecule has 1 saturated carbocycles. The standard InChI is InChI=1S/C12H16N2O2/c13-12(9-3-1-2-4-9)10-5-7-11(8-6-10)14(15)16/h5-9,12H,1-4,13H2/t12-/m0/s1. The van der Waals surface area contributed by atoms with Crippen molar-refractivity contribution >= 4 is 5.69 Å². The van der Waals surface area contributed by atoms with Crippen LogP contribution in [0.4, 0.5) is 5.69 Å². The van der Waals surface area contributed by atoms with Crippen LogP contribution in [0.2, 0.25) is 0 Å². The molecular formula is C12H16N2O2. The zero-order chi connectivity index (χ0) is 11.5. The summed E-state index contributed by atoms with van der Waals surface area (Å²) in [5, 5.41) is 10.5. The Morgan fingerprint density at radius 3 is 2.31 bits per heavy atom. The first-order valence-corrected chi connectivity index (χ1v) is 5.68. The van der Waals surface area contributed by atoms with Crippen molar-refractivity contribution in [3.8, 4) is 0 Å². The van der Waals surface area contributed by atoms with Crippen LogP contribution in [0.5, 0.6) is 0 Å². The number of benzene rings is 1. The topological polar surface area (TPSA) is 69.2 Å². The highest BCUT2D eigenvalue weighted by molar-refractivity contribution is 5.34. The largest absolute Gasteiger partial charge is 0.324 e. The third kappa shape index (κ3) is 2.22. The van der Waals surface area contributed by atoms with E-state index in [1.807, 2.05) is 0 Å². The summed E-state index contributed by atoms with van der Waals surface area (Å²) in [6.45, 7) is 0. The summed E-state index contributed by atoms with van der Waals surface area (Å²) in [5.74, 6) is 0.543. The van der Waals surface area contributed by atoms with Crippen molar-refractivity contribution in [2.24, 2.45) is 11.7 Å². The molecule has 1 aliphatic carbocycles. The highest BCUT2D eigenvalue weighted by atomic mass is 16.6. The molecule has 4 nitrogen and oxygen atoms in total. The van der Waals surface area contributed by atoms with Gasteiger partial charge in [-0.25, -0.2) is 0 Å². The summed E-state index contributed by atoms with van der Waals surface area (Å²) in [6, 6.07) is 6.65. The predicted octanol–water partition coefficient (Wildman–Crippen LogP) is 2.78. The van der Waals surface area contributed by atoms with Crippen molar-refractivity contribution in [1.82, 2.24) is 0 Å². The highest BCUT2D eigenvalue weighted by Crippen LogP contribution is 2.34. The van der Waals surface area contributed by atoms with E-state index in [1.165, 1.54) is 37.8 Å². The van der Waals surface area contributed by atoms with Gasteiger partial charge in [0.05, 0.1) is 4.92 Å². The maximum atomic E-state index is 10.5. The molecule has 0 amide bonds. The Bertz CT molecular complexity index is 369. The van der Waals surface area contributed by atoms with Crippen molar-refractivity contribution in [3.05, 3.63) is 39.9 Å². The smallest absolute Gasteiger partial charge is 0.269 e. The number of nitrogens with two attached hydrogens (primary N) is 1. The normalized spacial score (nSPS) is 18.6. The summed E-state index contributed by atoms with van der Waals surface area (Å²) in [6.07, 6.45) is 4.87. The van der Waals surface area contributed by atoms with Gasteiger partial charge in [-0.05, 0) is 24.3 Å². The van der Waals surface area contributed by atoms with Crippen molar-refractivity contribution in [2.75, 3.05) is 0 Å². The molecule has 0 unspecified atom stereocenters. The minimum atomic E-state index is -0.384. The average molecular weight is 220 g/mol. The molecule has 1 aliphatic rings. The zero-order valence-corrected chi connectivity index (χ0v) is 9.13. The molecule has 86 valence electrons. The number of hydrogen-bond acceptors (Lipinski definition) is 3. The zero-order valence-electron chi connectivity index (χ0n) is 9.13. The molecule has 0 heterocycles. The van der Waals surface area contributed by atoms with Gasteiger partial charge >= 0.3 is 0 Å². The molecule has 4 heteroatoms. The first kappa shape index (κ1) is 11.1. The maximum Gasteiger partial charge on any atom is 0.269 e. The SMILES string of the molecule is N[C@H](c1ccc([N+](=O)[O-])cc1)C1CCCC1. The summed E-state index contributed by atoms with van der Waals surface area (Å²) in [7, 11) is 0. The molecule has 0 saturated heterocycles. The van der Waals surface area contributed by atoms with Crippen molar-refractivity contribution < 1.29 is 4.92 Å². The summed E-state index contributed by atoms with van der Waals surface area (Å²) in [5.41, 5.74) is 7.30. The summed E-state index contributed by atoms with van der Waals surface area (Å²) in [4.78, 5) is 10.1. The maximum absolute atomic E-state index is 10.5. The van der Waals surface area contributed by atoms with E-state index in [4.69, 9.17) is 5.73 Å². The first-order valence-electron chi connectivity index (χ1n) is 5.68. The van der Waals surface area contributed by atoms with Crippen LogP contribution in [0.1, 0.15) is 37.3 Å². The quantitative estimate of drug-likeness (QED) is 0.629. The van der Waals surface area contributed by atoms with Crippen LogP contribution in [-0.4, -0.2) is 4.92 Å². The van der Waals surface area contributed by atoms with E-state index < -0.39 is 0 Å². The molecule has 0 bridgehead atoms. The molecule has 2 rings (SSSR count). The lowest BCUT2D eigenvalue weighted by Gasteiger charge is -2.18. The Kier molecular flexibility index (Phi) is 3.19. The van der Waals surface area contributed by atoms with Crippen LogP contribution in [0.25, 0.3) is 0 Å². The molecule has 1 fully saturated rings. The molecule has 0 spiro atoms. The van der Waals surface area contributed by atoms with Crippen molar-refractivity contribution in [2.45, 2.75) is 31.7 Å². The van der Waals surface area contributed by atoms with E-state index in [1.54, 1.807) is 12.1 Å². The van der Waals surface area contributed by atoms with Gasteiger partial charge in [-0.2, -0.15) is 0 Å². The molecule has 1 atom stereocenters. The molecular weight excluding hydrogens is 204 g/mol. The van der Waals surface area contributed by atoms with E-state index in [0.29, 0.717) is 5.92 Å². The van der Waals surface area contributed by atoms with Crippen LogP contribution in [0, 0.1) is 16.0 Å². The van der Waals surface area contributed by atoms with Gasteiger partial charge in [0.2, 0.25) is 0 Å². The van der Waals surface area contributed by atoms with Crippen LogP contribution in [0.3, 0.4) is 0 Å². The fourth-order valence-electron chi connectivity index (χ4n) is 2.41. The molecule has 0 aromatic heterocycles. The van der Waals surface area contributed by atoms with E-state index in [0.717, 1.165) is 5.56 Å². The number of rotatable bonds is 3. The number of nitrogens with zero attached hydrogens (tertiary/aromatic N) is 1. The van der Waals surface area contributed by atoms with Gasteiger partial charge in [-0.1, -0.05) is 25.0 Å². The van der Waals surface area contributed by atoms with Gasteiger partial charge in [0.15, 0.2) is 0 Å². The second-order valence-electron chi connectivity index (χ2n) is 4.42. The summed E-state index contributed by atoms with van der Waals surface area (Å²) < 4.78 is 0. The van der Waals surface area contributed by atoms with E-state index in [2.05, 4.69) is 0 Å². The average Bonchev–Trinajstić information content (AvgIpc) is 2.81. The lowest BCUT2D eigenvalue weighted by molar-refractivity contribution is -0.384. The fraction of sp³-hybridized carbons (Fsp3) is 0.500. The Morgan fingerprint density at radius 2 is 1.81 bits per heavy atom. The minimum Gasteiger partial charge on any atom is -0.324 e. The minimum absolute atomic E-state index is 0.0308. The number of nitro groups is 1. The first-order chi connectivity index (χ1) is 7.68. The third-order valence-electron chi connectivity index (χ3n) is 3.40. The van der Waals surface area contributed by atoms with E-state index >= 15 is 0 Å². The Hall–Kier alpha value is -1.42. The van der Waals surface area contributed by atoms with E-state index in [9.17, 15) is 10.1 Å². The highest BCUT2D eigenvalue weighted by Gasteiger charge is 2.23. The van der Waals surface area contributed by atoms with Crippen LogP contribution < -0.4 is 5.73 Å². The Labute approximate surface area is 94.6 Å². The Balaban J connectivity index is 2.11. The van der Waals surface area contributed by atoms with Crippen molar-refractivity contribution in [3.63, 3.8) is 0 Å². The molecule has 2 N–H and O–H groups in total. The molecule has 16 heavy (non-hydrogen) atoms. The van der Waals surface area contributed by atoms with E-state index in [-0.39, 0.29) is 16.7 Å². The number of hydrogen-bond donors (Lipinski definition) is 1. The van der Waals surface area contributed by atoms with Crippen molar-refractivity contribution in [1.29, 1.82) is 0 Å². The molecule has 1 aromatic rings. The van der Waals surface area contributed by atoms with Gasteiger partial charge in [0.25, 0.3) is 5.69 Å². The number of nitro benzene ring substituents is 1. The second-order valence-corrected chi connectivity index (χ2v) is 4.42. The van der Waals surface area contributed by atoms with Crippen LogP contribution in [0.15, 0.2) is 24.3 Å². The third-order valence-corrected chi connectivity index (χ3v) is 3.40. The second kappa shape index (κ2) is 4.61. The predicted molar refractivity (Wildman–Crippen MR) is 62.0 cm³/mol. The van der Waals surface area contributed by atoms with Crippen LogP contribution in [-0.2, 0) is 0 Å².